The van der Waals surface area contributed by atoms with E-state index < -0.39 is 27.8 Å². The Kier molecular flexibility index (Phi) is 11.5. The van der Waals surface area contributed by atoms with Crippen LogP contribution in [0.4, 0.5) is 0 Å². The van der Waals surface area contributed by atoms with Crippen molar-refractivity contribution in [3.63, 3.8) is 0 Å². The molecule has 2 aliphatic carbocycles. The average molecular weight is 927 g/mol. The molecule has 0 bridgehead atoms. The van der Waals surface area contributed by atoms with Crippen LogP contribution in [0.25, 0.3) is 34.4 Å². The first-order chi connectivity index (χ1) is 25.6. The maximum atomic E-state index is 12.6. The van der Waals surface area contributed by atoms with Gasteiger partial charge in [0, 0.05) is 0 Å². The zero-order chi connectivity index (χ0) is 39.3. The molecule has 0 fully saturated rings. The van der Waals surface area contributed by atoms with Crippen LogP contribution >= 0.6 is 17.2 Å². The number of aryl methyl sites for hydroxylation is 2. The van der Waals surface area contributed by atoms with Gasteiger partial charge in [0.25, 0.3) is 0 Å². The molecule has 54 heavy (non-hydrogen) atoms. The molecule has 2 aliphatic rings. The summed E-state index contributed by atoms with van der Waals surface area (Å²) in [5.41, 5.74) is 19.0. The average Bonchev–Trinajstić information content (AvgIpc) is 3.77. The molecule has 2 N–H and O–H groups in total. The van der Waals surface area contributed by atoms with E-state index in [1.54, 1.807) is 0 Å². The first-order valence-electron chi connectivity index (χ1n) is 19.5. The second-order valence-corrected chi connectivity index (χ2v) is 46.4. The monoisotopic (exact) mass is 927 g/mol. The fourth-order valence-corrected chi connectivity index (χ4v) is 39.1. The van der Waals surface area contributed by atoms with Crippen molar-refractivity contribution in [3.05, 3.63) is 127 Å². The Balaban J connectivity index is 1.72. The SMILES string of the molecule is CCC(C)C1=Cc2c(-c3ccc(C)c(C)c3C)cccc2[CH]1[Hf]([Cl])([Cl])([B](NC=O)NC=O)[CH]1C(C(C)CC)=Cc2c(-c3ccc(C)c(C)c3C)cccc21. The number of carbonyl (C=O) groups is 2. The fraction of sp³-hybridized carbons (Fsp3) is 0.348. The Morgan fingerprint density at radius 1 is 0.611 bits per heavy atom. The molecular weight excluding hydrogens is 873 g/mol. The summed E-state index contributed by atoms with van der Waals surface area (Å²) in [6.45, 7) is 22.0. The van der Waals surface area contributed by atoms with E-state index in [1.807, 2.05) is 0 Å². The van der Waals surface area contributed by atoms with Gasteiger partial charge in [0.05, 0.1) is 0 Å². The van der Waals surface area contributed by atoms with Gasteiger partial charge in [0.15, 0.2) is 0 Å². The molecule has 0 radical (unpaired) electrons. The minimum absolute atomic E-state index is 0.138. The van der Waals surface area contributed by atoms with Crippen LogP contribution in [0.15, 0.2) is 71.8 Å². The molecule has 4 aromatic rings. The van der Waals surface area contributed by atoms with Crippen LogP contribution in [-0.2, 0) is 25.5 Å². The Bertz CT molecular complexity index is 2080. The van der Waals surface area contributed by atoms with E-state index >= 15 is 0 Å². The number of hydrogen-bond acceptors (Lipinski definition) is 2. The Morgan fingerprint density at radius 2 is 1.00 bits per heavy atom. The normalized spacial score (nSPS) is 18.0. The van der Waals surface area contributed by atoms with Gasteiger partial charge in [-0.1, -0.05) is 0 Å². The third-order valence-electron chi connectivity index (χ3n) is 13.4. The first-order valence-corrected chi connectivity index (χ1v) is 34.6. The molecule has 4 unspecified atom stereocenters. The summed E-state index contributed by atoms with van der Waals surface area (Å²) in [4.78, 5) is 25.3. The molecule has 281 valence electrons. The summed E-state index contributed by atoms with van der Waals surface area (Å²) < 4.78 is -1.75. The summed E-state index contributed by atoms with van der Waals surface area (Å²) in [6.07, 6.45) is 7.75. The van der Waals surface area contributed by atoms with Gasteiger partial charge in [-0.05, 0) is 0 Å². The second kappa shape index (κ2) is 15.4. The Hall–Kier alpha value is -3.18. The van der Waals surface area contributed by atoms with Crippen molar-refractivity contribution in [1.82, 2.24) is 10.5 Å². The molecule has 2 amide bonds. The molecule has 0 aromatic heterocycles. The van der Waals surface area contributed by atoms with Crippen LogP contribution in [0, 0.1) is 53.4 Å². The van der Waals surface area contributed by atoms with E-state index in [9.17, 15) is 9.59 Å². The van der Waals surface area contributed by atoms with Crippen LogP contribution in [-0.4, -0.2) is 17.4 Å². The number of hydrogen-bond donors (Lipinski definition) is 2. The summed E-state index contributed by atoms with van der Waals surface area (Å²) >= 11 is -6.12. The molecule has 0 saturated heterocycles. The van der Waals surface area contributed by atoms with Gasteiger partial charge in [0.1, 0.15) is 0 Å². The van der Waals surface area contributed by atoms with Gasteiger partial charge in [-0.15, -0.1) is 0 Å². The molecule has 8 heteroatoms. The molecule has 4 nitrogen and oxygen atoms in total. The summed E-state index contributed by atoms with van der Waals surface area (Å²) in [5, 5.41) is 6.06. The number of benzene rings is 4. The van der Waals surface area contributed by atoms with Gasteiger partial charge < -0.3 is 0 Å². The molecule has 0 aliphatic heterocycles. The minimum atomic E-state index is -6.12. The summed E-state index contributed by atoms with van der Waals surface area (Å²) in [5.74, 6) is 0.275. The van der Waals surface area contributed by atoms with Crippen LogP contribution in [0.5, 0.6) is 0 Å². The molecule has 0 spiro atoms. The zero-order valence-corrected chi connectivity index (χ0v) is 38.6. The van der Waals surface area contributed by atoms with E-state index in [-0.39, 0.29) is 11.8 Å². The van der Waals surface area contributed by atoms with Crippen molar-refractivity contribution < 1.29 is 25.5 Å². The predicted octanol–water partition coefficient (Wildman–Crippen LogP) is 12.0. The molecule has 4 aromatic carbocycles. The topological polar surface area (TPSA) is 58.2 Å². The van der Waals surface area contributed by atoms with Gasteiger partial charge in [-0.3, -0.25) is 0 Å². The maximum absolute atomic E-state index is 12.6. The third-order valence-corrected chi connectivity index (χ3v) is 41.8. The fourth-order valence-electron chi connectivity index (χ4n) is 9.38. The van der Waals surface area contributed by atoms with Crippen molar-refractivity contribution in [2.75, 3.05) is 0 Å². The number of rotatable bonds is 13. The van der Waals surface area contributed by atoms with Crippen molar-refractivity contribution >= 4 is 46.7 Å². The molecule has 6 rings (SSSR count). The van der Waals surface area contributed by atoms with Gasteiger partial charge in [-0.25, -0.2) is 0 Å². The van der Waals surface area contributed by atoms with E-state index in [0.29, 0.717) is 12.8 Å². The number of amides is 2. The molecular formula is C46H54BCl2HfN2O2. The van der Waals surface area contributed by atoms with E-state index in [4.69, 9.17) is 17.2 Å². The van der Waals surface area contributed by atoms with Crippen LogP contribution < -0.4 is 10.5 Å². The van der Waals surface area contributed by atoms with Crippen LogP contribution in [0.2, 0.25) is 0 Å². The van der Waals surface area contributed by atoms with E-state index in [1.165, 1.54) is 55.7 Å². The Labute approximate surface area is 331 Å². The van der Waals surface area contributed by atoms with Crippen LogP contribution in [0.3, 0.4) is 0 Å². The van der Waals surface area contributed by atoms with E-state index in [2.05, 4.69) is 153 Å². The Morgan fingerprint density at radius 3 is 1.35 bits per heavy atom. The molecule has 0 heterocycles. The van der Waals surface area contributed by atoms with Crippen molar-refractivity contribution in [2.24, 2.45) is 11.8 Å². The number of carbonyl (C=O) groups excluding carboxylic acids is 2. The standard InChI is InChI=1S/2C22H25.C2H3BN2O2.2ClH.Hf/c2*1-6-14(2)19-12-18-8-7-9-21(22(18)13-19)20-11-10-15(3)16(4)17(20)5;6-1-4-3-5-2-7;;;/h2*7-14H,6H2,1-5H3;1-2H,(H-,4,5,6,7);2*1H;/q;;;;;+1/p-1. The number of allylic oxidation sites excluding steroid dienone is 2. The van der Waals surface area contributed by atoms with Crippen molar-refractivity contribution in [2.45, 2.75) is 89.4 Å². The molecule has 0 saturated carbocycles. The van der Waals surface area contributed by atoms with Gasteiger partial charge in [-0.2, -0.15) is 0 Å². The summed E-state index contributed by atoms with van der Waals surface area (Å²) in [6, 6.07) is 21.9. The number of halogens is 2. The van der Waals surface area contributed by atoms with Gasteiger partial charge in [0.2, 0.25) is 0 Å². The quantitative estimate of drug-likeness (QED) is 0.104. The summed E-state index contributed by atoms with van der Waals surface area (Å²) in [7, 11) is 17.6. The second-order valence-electron chi connectivity index (χ2n) is 16.0. The van der Waals surface area contributed by atoms with Crippen LogP contribution in [0.1, 0.15) is 104 Å². The third kappa shape index (κ3) is 6.33. The number of nitrogens with one attached hydrogen (secondary N) is 2. The van der Waals surface area contributed by atoms with E-state index in [0.717, 1.165) is 46.2 Å². The molecule has 4 atom stereocenters. The van der Waals surface area contributed by atoms with Crippen molar-refractivity contribution in [1.29, 1.82) is 0 Å². The number of fused-ring (bicyclic) bond motifs is 2. The predicted molar refractivity (Wildman–Crippen MR) is 228 cm³/mol. The van der Waals surface area contributed by atoms with Crippen molar-refractivity contribution in [3.8, 4) is 22.3 Å². The van der Waals surface area contributed by atoms with Gasteiger partial charge >= 0.3 is 334 Å². The first kappa shape index (κ1) is 40.5. The zero-order valence-electron chi connectivity index (χ0n) is 33.5.